The highest BCUT2D eigenvalue weighted by Gasteiger charge is 2.17. The van der Waals surface area contributed by atoms with Gasteiger partial charge in [-0.15, -0.1) is 0 Å². The Kier molecular flexibility index (Phi) is 4.92. The van der Waals surface area contributed by atoms with E-state index >= 15 is 0 Å². The van der Waals surface area contributed by atoms with Crippen LogP contribution in [0.3, 0.4) is 0 Å². The smallest absolute Gasteiger partial charge is 0.241 e. The number of aromatic nitrogens is 3. The van der Waals surface area contributed by atoms with E-state index in [1.165, 1.54) is 0 Å². The third-order valence-corrected chi connectivity index (χ3v) is 4.31. The van der Waals surface area contributed by atoms with Crippen molar-refractivity contribution in [2.45, 2.75) is 0 Å². The van der Waals surface area contributed by atoms with E-state index in [0.29, 0.717) is 29.0 Å². The predicted octanol–water partition coefficient (Wildman–Crippen LogP) is 3.41. The lowest BCUT2D eigenvalue weighted by Gasteiger charge is -2.23. The first-order valence-electron chi connectivity index (χ1n) is 9.13. The van der Waals surface area contributed by atoms with Gasteiger partial charge in [-0.2, -0.15) is 15.0 Å². The lowest BCUT2D eigenvalue weighted by molar-refractivity contribution is 1.03. The first-order chi connectivity index (χ1) is 14.5. The number of nitrogens with two attached hydrogens (primary N) is 4. The molecule has 0 atom stereocenters. The fourth-order valence-electron chi connectivity index (χ4n) is 2.86. The van der Waals surface area contributed by atoms with Crippen molar-refractivity contribution < 1.29 is 0 Å². The fraction of sp³-hybridized carbons (Fsp3) is 0. The van der Waals surface area contributed by atoms with E-state index in [1.54, 1.807) is 36.4 Å². The van der Waals surface area contributed by atoms with Gasteiger partial charge in [0.1, 0.15) is 0 Å². The summed E-state index contributed by atoms with van der Waals surface area (Å²) < 4.78 is 0. The van der Waals surface area contributed by atoms with Crippen LogP contribution in [0.5, 0.6) is 0 Å². The number of hydrogen-bond donors (Lipinski definition) is 5. The molecule has 0 radical (unpaired) electrons. The second-order valence-electron chi connectivity index (χ2n) is 6.58. The molecule has 4 rings (SSSR count). The van der Waals surface area contributed by atoms with Crippen LogP contribution in [0.15, 0.2) is 72.8 Å². The largest absolute Gasteiger partial charge is 0.399 e. The Balaban J connectivity index is 1.77. The molecule has 0 saturated carbocycles. The van der Waals surface area contributed by atoms with Crippen LogP contribution in [0, 0.1) is 0 Å². The summed E-state index contributed by atoms with van der Waals surface area (Å²) in [7, 11) is 0. The molecule has 1 heterocycles. The lowest BCUT2D eigenvalue weighted by Crippen LogP contribution is -2.16. The highest BCUT2D eigenvalue weighted by molar-refractivity contribution is 5.75. The van der Waals surface area contributed by atoms with E-state index in [1.807, 2.05) is 41.3 Å². The standard InChI is InChI=1S/C21H21N9/c22-13-1-7-16(8-2-13)26-20-27-19(25)28-21(29-20)30(17-9-3-14(23)4-10-17)18-11-5-15(24)6-12-18/h1-12H,22-24H2,(H3,25,26,27,28,29). The van der Waals surface area contributed by atoms with Gasteiger partial charge >= 0.3 is 0 Å². The molecular weight excluding hydrogens is 378 g/mol. The summed E-state index contributed by atoms with van der Waals surface area (Å²) in [5, 5.41) is 3.12. The Morgan fingerprint density at radius 1 is 0.567 bits per heavy atom. The van der Waals surface area contributed by atoms with Gasteiger partial charge in [-0.25, -0.2) is 0 Å². The van der Waals surface area contributed by atoms with Crippen molar-refractivity contribution in [3.63, 3.8) is 0 Å². The fourth-order valence-corrected chi connectivity index (χ4v) is 2.86. The van der Waals surface area contributed by atoms with Crippen LogP contribution in [-0.2, 0) is 0 Å². The van der Waals surface area contributed by atoms with Crippen LogP contribution in [0.2, 0.25) is 0 Å². The molecule has 0 saturated heterocycles. The maximum Gasteiger partial charge on any atom is 0.241 e. The number of benzene rings is 3. The van der Waals surface area contributed by atoms with Gasteiger partial charge in [-0.1, -0.05) is 0 Å². The molecule has 150 valence electrons. The van der Waals surface area contributed by atoms with E-state index < -0.39 is 0 Å². The van der Waals surface area contributed by atoms with E-state index in [9.17, 15) is 0 Å². The van der Waals surface area contributed by atoms with Crippen LogP contribution < -0.4 is 33.2 Å². The number of anilines is 9. The number of rotatable bonds is 5. The van der Waals surface area contributed by atoms with E-state index in [-0.39, 0.29) is 5.95 Å². The summed E-state index contributed by atoms with van der Waals surface area (Å²) in [5.74, 6) is 0.724. The average Bonchev–Trinajstić information content (AvgIpc) is 2.72. The molecule has 0 bridgehead atoms. The summed E-state index contributed by atoms with van der Waals surface area (Å²) in [6.07, 6.45) is 0. The Morgan fingerprint density at radius 3 is 1.53 bits per heavy atom. The van der Waals surface area contributed by atoms with E-state index in [4.69, 9.17) is 22.9 Å². The third kappa shape index (κ3) is 4.14. The normalized spacial score (nSPS) is 10.5. The van der Waals surface area contributed by atoms with E-state index in [0.717, 1.165) is 17.1 Å². The first kappa shape index (κ1) is 18.8. The number of nitrogens with zero attached hydrogens (tertiary/aromatic N) is 4. The van der Waals surface area contributed by atoms with Crippen molar-refractivity contribution in [1.82, 2.24) is 15.0 Å². The minimum absolute atomic E-state index is 0.0776. The number of nitrogen functional groups attached to an aromatic ring is 4. The summed E-state index contributed by atoms with van der Waals surface area (Å²) in [4.78, 5) is 14.9. The summed E-state index contributed by atoms with van der Waals surface area (Å²) in [6.45, 7) is 0. The first-order valence-corrected chi connectivity index (χ1v) is 9.13. The zero-order valence-electron chi connectivity index (χ0n) is 16.0. The molecule has 0 spiro atoms. The molecule has 3 aromatic carbocycles. The molecular formula is C21H21N9. The molecule has 0 amide bonds. The van der Waals surface area contributed by atoms with Gasteiger partial charge < -0.3 is 28.3 Å². The molecule has 0 fully saturated rings. The van der Waals surface area contributed by atoms with Crippen LogP contribution in [0.1, 0.15) is 0 Å². The van der Waals surface area contributed by atoms with Gasteiger partial charge in [0.15, 0.2) is 0 Å². The summed E-state index contributed by atoms with van der Waals surface area (Å²) in [6, 6.07) is 21.9. The van der Waals surface area contributed by atoms with Gasteiger partial charge in [0, 0.05) is 34.1 Å². The lowest BCUT2D eigenvalue weighted by atomic mass is 10.2. The number of nitrogens with one attached hydrogen (secondary N) is 1. The van der Waals surface area contributed by atoms with Crippen molar-refractivity contribution >= 4 is 52.0 Å². The second-order valence-corrected chi connectivity index (χ2v) is 6.58. The molecule has 1 aromatic heterocycles. The monoisotopic (exact) mass is 399 g/mol. The Labute approximate surface area is 173 Å². The maximum atomic E-state index is 5.99. The highest BCUT2D eigenvalue weighted by Crippen LogP contribution is 2.33. The molecule has 0 unspecified atom stereocenters. The van der Waals surface area contributed by atoms with Crippen molar-refractivity contribution in [3.05, 3.63) is 72.8 Å². The van der Waals surface area contributed by atoms with Crippen LogP contribution in [-0.4, -0.2) is 15.0 Å². The van der Waals surface area contributed by atoms with Crippen LogP contribution in [0.4, 0.5) is 52.0 Å². The predicted molar refractivity (Wildman–Crippen MR) is 122 cm³/mol. The van der Waals surface area contributed by atoms with Gasteiger partial charge in [-0.3, -0.25) is 4.90 Å². The van der Waals surface area contributed by atoms with Crippen molar-refractivity contribution in [1.29, 1.82) is 0 Å². The average molecular weight is 399 g/mol. The van der Waals surface area contributed by atoms with Gasteiger partial charge in [0.05, 0.1) is 0 Å². The molecule has 0 aliphatic rings. The highest BCUT2D eigenvalue weighted by atomic mass is 15.3. The SMILES string of the molecule is Nc1ccc(Nc2nc(N)nc(N(c3ccc(N)cc3)c3ccc(N)cc3)n2)cc1. The van der Waals surface area contributed by atoms with Gasteiger partial charge in [-0.05, 0) is 72.8 Å². The minimum Gasteiger partial charge on any atom is -0.399 e. The van der Waals surface area contributed by atoms with Crippen molar-refractivity contribution in [3.8, 4) is 0 Å². The summed E-state index contributed by atoms with van der Waals surface area (Å²) in [5.41, 5.74) is 27.8. The molecule has 9 nitrogen and oxygen atoms in total. The second kappa shape index (κ2) is 7.84. The van der Waals surface area contributed by atoms with Crippen molar-refractivity contribution in [2.75, 3.05) is 33.2 Å². The molecule has 0 aliphatic heterocycles. The zero-order chi connectivity index (χ0) is 21.1. The minimum atomic E-state index is 0.0776. The number of hydrogen-bond acceptors (Lipinski definition) is 9. The summed E-state index contributed by atoms with van der Waals surface area (Å²) >= 11 is 0. The molecule has 4 aromatic rings. The maximum absolute atomic E-state index is 5.99. The van der Waals surface area contributed by atoms with Gasteiger partial charge in [0.2, 0.25) is 17.8 Å². The Bertz CT molecular complexity index is 1100. The van der Waals surface area contributed by atoms with Crippen molar-refractivity contribution in [2.24, 2.45) is 0 Å². The zero-order valence-corrected chi connectivity index (χ0v) is 16.0. The molecule has 30 heavy (non-hydrogen) atoms. The van der Waals surface area contributed by atoms with Gasteiger partial charge in [0.25, 0.3) is 0 Å². The van der Waals surface area contributed by atoms with E-state index in [2.05, 4.69) is 20.3 Å². The quantitative estimate of drug-likeness (QED) is 0.317. The third-order valence-electron chi connectivity index (χ3n) is 4.31. The molecule has 9 N–H and O–H groups in total. The Morgan fingerprint density at radius 2 is 1.03 bits per heavy atom. The topological polar surface area (TPSA) is 158 Å². The Hall–Kier alpha value is -4.53. The molecule has 0 aliphatic carbocycles. The van der Waals surface area contributed by atoms with Crippen LogP contribution >= 0.6 is 0 Å². The van der Waals surface area contributed by atoms with Crippen LogP contribution in [0.25, 0.3) is 0 Å². The molecule has 9 heteroatoms.